The monoisotopic (exact) mass is 397 g/mol. The van der Waals surface area contributed by atoms with Crippen molar-refractivity contribution < 1.29 is 14.2 Å². The van der Waals surface area contributed by atoms with Gasteiger partial charge in [-0.05, 0) is 63.2 Å². The van der Waals surface area contributed by atoms with E-state index in [9.17, 15) is 9.50 Å². The highest BCUT2D eigenvalue weighted by Crippen LogP contribution is 2.31. The highest BCUT2D eigenvalue weighted by Gasteiger charge is 2.21. The zero-order valence-electron chi connectivity index (χ0n) is 17.2. The molecule has 0 aliphatic rings. The maximum Gasteiger partial charge on any atom is 0.227 e. The molecule has 3 aromatic rings. The van der Waals surface area contributed by atoms with Gasteiger partial charge in [0.2, 0.25) is 5.88 Å². The van der Waals surface area contributed by atoms with Crippen molar-refractivity contribution in [2.24, 2.45) is 0 Å². The van der Waals surface area contributed by atoms with E-state index in [1.807, 2.05) is 37.3 Å². The van der Waals surface area contributed by atoms with Gasteiger partial charge in [0.05, 0.1) is 23.0 Å². The van der Waals surface area contributed by atoms with E-state index < -0.39 is 6.10 Å². The predicted molar refractivity (Wildman–Crippen MR) is 112 cm³/mol. The molecular weight excluding hydrogens is 369 g/mol. The number of halogens is 1. The van der Waals surface area contributed by atoms with Crippen molar-refractivity contribution >= 4 is 0 Å². The Bertz CT molecular complexity index is 908. The molecule has 0 saturated carbocycles. The van der Waals surface area contributed by atoms with Crippen molar-refractivity contribution in [3.05, 3.63) is 71.7 Å². The van der Waals surface area contributed by atoms with Crippen LogP contribution in [0.25, 0.3) is 5.69 Å². The molecule has 3 rings (SSSR count). The molecule has 2 aromatic carbocycles. The molecule has 0 radical (unpaired) electrons. The van der Waals surface area contributed by atoms with Crippen LogP contribution in [-0.2, 0) is 6.54 Å². The highest BCUT2D eigenvalue weighted by atomic mass is 19.1. The van der Waals surface area contributed by atoms with Crippen LogP contribution in [0.3, 0.4) is 0 Å². The van der Waals surface area contributed by atoms with Crippen LogP contribution in [0.2, 0.25) is 0 Å². The average Bonchev–Trinajstić information content (AvgIpc) is 3.00. The molecule has 29 heavy (non-hydrogen) atoms. The third-order valence-electron chi connectivity index (χ3n) is 4.61. The Morgan fingerprint density at radius 1 is 1.14 bits per heavy atom. The van der Waals surface area contributed by atoms with E-state index in [0.29, 0.717) is 24.7 Å². The van der Waals surface area contributed by atoms with Crippen LogP contribution in [0.1, 0.15) is 31.5 Å². The molecule has 1 unspecified atom stereocenters. The third-order valence-corrected chi connectivity index (χ3v) is 4.61. The van der Waals surface area contributed by atoms with Crippen LogP contribution in [-0.4, -0.2) is 39.0 Å². The normalized spacial score (nSPS) is 12.3. The predicted octanol–water partition coefficient (Wildman–Crippen LogP) is 4.70. The Morgan fingerprint density at radius 3 is 2.45 bits per heavy atom. The smallest absolute Gasteiger partial charge is 0.227 e. The Balaban J connectivity index is 2.01. The molecule has 0 aliphatic heterocycles. The van der Waals surface area contributed by atoms with Gasteiger partial charge in [-0.3, -0.25) is 4.90 Å². The lowest BCUT2D eigenvalue weighted by Gasteiger charge is -2.23. The zero-order chi connectivity index (χ0) is 20.8. The van der Waals surface area contributed by atoms with Crippen molar-refractivity contribution in [2.75, 3.05) is 13.1 Å². The third kappa shape index (κ3) is 5.43. The molecule has 154 valence electrons. The maximum absolute atomic E-state index is 13.3. The average molecular weight is 397 g/mol. The number of hydrogen-bond acceptors (Lipinski definition) is 4. The number of para-hydroxylation sites is 1. The van der Waals surface area contributed by atoms with E-state index in [0.717, 1.165) is 29.9 Å². The van der Waals surface area contributed by atoms with E-state index in [1.165, 1.54) is 12.1 Å². The number of aryl methyl sites for hydroxylation is 1. The van der Waals surface area contributed by atoms with E-state index in [-0.39, 0.29) is 5.82 Å². The van der Waals surface area contributed by atoms with Gasteiger partial charge in [-0.1, -0.05) is 25.1 Å². The lowest BCUT2D eigenvalue weighted by Crippen LogP contribution is -2.31. The maximum atomic E-state index is 13.3. The second-order valence-corrected chi connectivity index (χ2v) is 7.26. The van der Waals surface area contributed by atoms with Gasteiger partial charge < -0.3 is 9.84 Å². The zero-order valence-corrected chi connectivity index (χ0v) is 17.2. The lowest BCUT2D eigenvalue weighted by molar-refractivity contribution is 0.122. The molecule has 0 fully saturated rings. The van der Waals surface area contributed by atoms with Crippen molar-refractivity contribution in [3.63, 3.8) is 0 Å². The van der Waals surface area contributed by atoms with E-state index in [1.54, 1.807) is 23.7 Å². The van der Waals surface area contributed by atoms with Gasteiger partial charge in [0, 0.05) is 13.1 Å². The fourth-order valence-electron chi connectivity index (χ4n) is 3.33. The van der Waals surface area contributed by atoms with Gasteiger partial charge in [0.15, 0.2) is 0 Å². The number of aromatic nitrogens is 2. The minimum Gasteiger partial charge on any atom is -0.439 e. The van der Waals surface area contributed by atoms with Crippen molar-refractivity contribution in [1.82, 2.24) is 14.7 Å². The first-order valence-corrected chi connectivity index (χ1v) is 9.95. The first-order chi connectivity index (χ1) is 14.0. The first kappa shape index (κ1) is 21.0. The summed E-state index contributed by atoms with van der Waals surface area (Å²) in [5, 5.41) is 14.6. The minimum atomic E-state index is -0.424. The van der Waals surface area contributed by atoms with Crippen LogP contribution < -0.4 is 4.74 Å². The molecule has 1 N–H and O–H groups in total. The number of ether oxygens (including phenoxy) is 1. The van der Waals surface area contributed by atoms with Gasteiger partial charge in [-0.2, -0.15) is 5.10 Å². The fourth-order valence-corrected chi connectivity index (χ4v) is 3.33. The van der Waals surface area contributed by atoms with Crippen LogP contribution in [0.4, 0.5) is 4.39 Å². The summed E-state index contributed by atoms with van der Waals surface area (Å²) >= 11 is 0. The number of aliphatic hydroxyl groups is 1. The molecule has 0 spiro atoms. The van der Waals surface area contributed by atoms with Crippen LogP contribution in [0.15, 0.2) is 54.6 Å². The molecule has 6 heteroatoms. The Hall–Kier alpha value is -2.70. The summed E-state index contributed by atoms with van der Waals surface area (Å²) in [5.41, 5.74) is 2.70. The largest absolute Gasteiger partial charge is 0.439 e. The molecule has 1 atom stereocenters. The quantitative estimate of drug-likeness (QED) is 0.568. The summed E-state index contributed by atoms with van der Waals surface area (Å²) in [6.07, 6.45) is 0.555. The fraction of sp³-hybridized carbons (Fsp3) is 0.348. The Labute approximate surface area is 171 Å². The SMILES string of the molecule is CCCN(Cc1c(C)nn(-c2ccccc2)c1Oc1ccc(F)cc1)CC(C)O. The number of benzene rings is 2. The van der Waals surface area contributed by atoms with Gasteiger partial charge >= 0.3 is 0 Å². The molecule has 5 nitrogen and oxygen atoms in total. The van der Waals surface area contributed by atoms with E-state index in [4.69, 9.17) is 9.84 Å². The Kier molecular flexibility index (Phi) is 7.01. The molecule has 0 saturated heterocycles. The van der Waals surface area contributed by atoms with Gasteiger partial charge in [-0.25, -0.2) is 9.07 Å². The topological polar surface area (TPSA) is 50.5 Å². The van der Waals surface area contributed by atoms with Crippen molar-refractivity contribution in [2.45, 2.75) is 39.8 Å². The number of hydrogen-bond donors (Lipinski definition) is 1. The number of rotatable bonds is 9. The highest BCUT2D eigenvalue weighted by molar-refractivity contribution is 5.43. The van der Waals surface area contributed by atoms with Gasteiger partial charge in [0.25, 0.3) is 0 Å². The second kappa shape index (κ2) is 9.67. The van der Waals surface area contributed by atoms with Gasteiger partial charge in [-0.15, -0.1) is 0 Å². The van der Waals surface area contributed by atoms with Crippen LogP contribution >= 0.6 is 0 Å². The molecule has 0 aliphatic carbocycles. The summed E-state index contributed by atoms with van der Waals surface area (Å²) < 4.78 is 21.3. The van der Waals surface area contributed by atoms with Crippen molar-refractivity contribution in [1.29, 1.82) is 0 Å². The summed E-state index contributed by atoms with van der Waals surface area (Å²) in [6, 6.07) is 15.7. The molecule has 1 heterocycles. The van der Waals surface area contributed by atoms with Crippen LogP contribution in [0, 0.1) is 12.7 Å². The second-order valence-electron chi connectivity index (χ2n) is 7.26. The molecule has 1 aromatic heterocycles. The van der Waals surface area contributed by atoms with Crippen molar-refractivity contribution in [3.8, 4) is 17.3 Å². The first-order valence-electron chi connectivity index (χ1n) is 9.95. The number of aliphatic hydroxyl groups excluding tert-OH is 1. The Morgan fingerprint density at radius 2 is 1.83 bits per heavy atom. The molecular formula is C23H28FN3O2. The standard InChI is InChI=1S/C23H28FN3O2/c1-4-14-26(15-17(2)28)16-22-18(3)25-27(20-8-6-5-7-9-20)23(22)29-21-12-10-19(24)11-13-21/h5-13,17,28H,4,14-16H2,1-3H3. The summed E-state index contributed by atoms with van der Waals surface area (Å²) in [7, 11) is 0. The molecule has 0 amide bonds. The van der Waals surface area contributed by atoms with Gasteiger partial charge in [0.1, 0.15) is 11.6 Å². The summed E-state index contributed by atoms with van der Waals surface area (Å²) in [4.78, 5) is 2.20. The summed E-state index contributed by atoms with van der Waals surface area (Å²) in [6.45, 7) is 7.90. The van der Waals surface area contributed by atoms with E-state index >= 15 is 0 Å². The minimum absolute atomic E-state index is 0.309. The lowest BCUT2D eigenvalue weighted by atomic mass is 10.2. The number of nitrogens with zero attached hydrogens (tertiary/aromatic N) is 3. The van der Waals surface area contributed by atoms with E-state index in [2.05, 4.69) is 11.8 Å². The molecule has 0 bridgehead atoms. The summed E-state index contributed by atoms with van der Waals surface area (Å²) in [5.74, 6) is 0.839. The van der Waals surface area contributed by atoms with Crippen LogP contribution in [0.5, 0.6) is 11.6 Å².